The maximum Gasteiger partial charge on any atom is 0.0594 e. The zero-order chi connectivity index (χ0) is 23.7. The quantitative estimate of drug-likeness (QED) is 0.424. The van der Waals surface area contributed by atoms with Crippen LogP contribution in [0.15, 0.2) is 23.3 Å². The van der Waals surface area contributed by atoms with Gasteiger partial charge >= 0.3 is 0 Å². The molecule has 1 N–H and O–H groups in total. The molecule has 2 unspecified atom stereocenters. The molecule has 0 aromatic heterocycles. The van der Waals surface area contributed by atoms with Gasteiger partial charge < -0.3 is 5.11 Å². The third-order valence-electron chi connectivity index (χ3n) is 12.2. The Morgan fingerprint density at radius 1 is 0.938 bits per heavy atom. The summed E-state index contributed by atoms with van der Waals surface area (Å²) in [5.41, 5.74) is 6.32. The van der Waals surface area contributed by atoms with Crippen LogP contribution in [0, 0.1) is 45.3 Å². The summed E-state index contributed by atoms with van der Waals surface area (Å²) >= 11 is 0. The van der Waals surface area contributed by atoms with Crippen LogP contribution in [0.4, 0.5) is 0 Å². The van der Waals surface area contributed by atoms with Crippen molar-refractivity contribution in [3.8, 4) is 0 Å². The van der Waals surface area contributed by atoms with Crippen LogP contribution in [0.1, 0.15) is 120 Å². The lowest BCUT2D eigenvalue weighted by molar-refractivity contribution is -0.0962. The highest BCUT2D eigenvalue weighted by Gasteiger charge is 2.63. The molecule has 1 heteroatoms. The molecule has 32 heavy (non-hydrogen) atoms. The minimum Gasteiger partial charge on any atom is -0.393 e. The lowest BCUT2D eigenvalue weighted by Crippen LogP contribution is -2.55. The first-order chi connectivity index (χ1) is 14.8. The molecule has 0 saturated heterocycles. The number of rotatable bonds is 5. The summed E-state index contributed by atoms with van der Waals surface area (Å²) in [7, 11) is 0. The van der Waals surface area contributed by atoms with Crippen molar-refractivity contribution in [1.82, 2.24) is 0 Å². The van der Waals surface area contributed by atoms with Crippen LogP contribution in [0.3, 0.4) is 0 Å². The van der Waals surface area contributed by atoms with Crippen LogP contribution >= 0.6 is 0 Å². The summed E-state index contributed by atoms with van der Waals surface area (Å²) in [5, 5.41) is 10.8. The first-order valence-electron chi connectivity index (χ1n) is 13.9. The van der Waals surface area contributed by atoms with Gasteiger partial charge in [0.05, 0.1) is 6.10 Å². The van der Waals surface area contributed by atoms with Crippen molar-refractivity contribution in [2.24, 2.45) is 45.3 Å². The second-order valence-corrected chi connectivity index (χ2v) is 14.1. The van der Waals surface area contributed by atoms with Gasteiger partial charge in [0.15, 0.2) is 0 Å². The molecule has 4 aliphatic rings. The Morgan fingerprint density at radius 2 is 1.62 bits per heavy atom. The molecule has 0 aromatic rings. The summed E-state index contributed by atoms with van der Waals surface area (Å²) in [5.74, 6) is 2.87. The predicted octanol–water partition coefficient (Wildman–Crippen LogP) is 8.73. The van der Waals surface area contributed by atoms with Crippen molar-refractivity contribution >= 4 is 0 Å². The molecule has 0 aromatic carbocycles. The van der Waals surface area contributed by atoms with Crippen LogP contribution in [0.25, 0.3) is 0 Å². The summed E-state index contributed by atoms with van der Waals surface area (Å²) in [6.07, 6.45) is 12.6. The fourth-order valence-electron chi connectivity index (χ4n) is 9.53. The number of fused-ring (bicyclic) bond motifs is 4. The van der Waals surface area contributed by atoms with Gasteiger partial charge in [-0.15, -0.1) is 0 Å². The molecule has 0 bridgehead atoms. The Balaban J connectivity index is 1.62. The lowest BCUT2D eigenvalue weighted by atomic mass is 9.43. The second kappa shape index (κ2) is 8.00. The van der Waals surface area contributed by atoms with Crippen LogP contribution in [0.5, 0.6) is 0 Å². The van der Waals surface area contributed by atoms with E-state index in [2.05, 4.69) is 62.0 Å². The first-order valence-corrected chi connectivity index (χ1v) is 13.9. The molecule has 0 heterocycles. The molecule has 2 fully saturated rings. The second-order valence-electron chi connectivity index (χ2n) is 14.1. The molecule has 1 nitrogen and oxygen atoms in total. The van der Waals surface area contributed by atoms with Gasteiger partial charge in [-0.25, -0.2) is 0 Å². The highest BCUT2D eigenvalue weighted by Crippen LogP contribution is 2.72. The maximum atomic E-state index is 10.8. The van der Waals surface area contributed by atoms with Gasteiger partial charge in [0.1, 0.15) is 0 Å². The zero-order valence-electron chi connectivity index (χ0n) is 22.6. The van der Waals surface area contributed by atoms with Crippen molar-refractivity contribution < 1.29 is 5.11 Å². The van der Waals surface area contributed by atoms with Crippen molar-refractivity contribution in [3.63, 3.8) is 0 Å². The van der Waals surface area contributed by atoms with E-state index >= 15 is 0 Å². The normalized spacial score (nSPS) is 44.1. The number of hydrogen-bond acceptors (Lipinski definition) is 1. The average Bonchev–Trinajstić information content (AvgIpc) is 3.00. The van der Waals surface area contributed by atoms with Crippen molar-refractivity contribution in [2.45, 2.75) is 126 Å². The monoisotopic (exact) mass is 440 g/mol. The first kappa shape index (κ1) is 24.6. The molecule has 0 radical (unpaired) electrons. The lowest BCUT2D eigenvalue weighted by Gasteiger charge is -2.62. The van der Waals surface area contributed by atoms with E-state index in [9.17, 15) is 5.11 Å². The Morgan fingerprint density at radius 3 is 2.28 bits per heavy atom. The smallest absolute Gasteiger partial charge is 0.0594 e. The Bertz CT molecular complexity index is 786. The van der Waals surface area contributed by atoms with E-state index in [1.165, 1.54) is 63.4 Å². The average molecular weight is 441 g/mol. The van der Waals surface area contributed by atoms with Gasteiger partial charge in [-0.05, 0) is 110 Å². The largest absolute Gasteiger partial charge is 0.393 e. The third-order valence-corrected chi connectivity index (χ3v) is 12.2. The fraction of sp³-hybridized carbons (Fsp3) is 0.871. The maximum absolute atomic E-state index is 10.8. The van der Waals surface area contributed by atoms with E-state index in [0.717, 1.165) is 18.3 Å². The van der Waals surface area contributed by atoms with Gasteiger partial charge in [0.25, 0.3) is 0 Å². The van der Waals surface area contributed by atoms with E-state index in [1.54, 1.807) is 0 Å². The van der Waals surface area contributed by atoms with Gasteiger partial charge in [-0.3, -0.25) is 0 Å². The van der Waals surface area contributed by atoms with Crippen LogP contribution < -0.4 is 0 Å². The molecule has 182 valence electrons. The Kier molecular flexibility index (Phi) is 6.14. The summed E-state index contributed by atoms with van der Waals surface area (Å²) in [6.45, 7) is 24.1. The molecular formula is C31H52O. The topological polar surface area (TPSA) is 20.2 Å². The zero-order valence-corrected chi connectivity index (χ0v) is 22.6. The molecule has 2 saturated carbocycles. The minimum atomic E-state index is -0.135. The van der Waals surface area contributed by atoms with Gasteiger partial charge in [0.2, 0.25) is 0 Å². The van der Waals surface area contributed by atoms with Crippen LogP contribution in [0.2, 0.25) is 0 Å². The summed E-state index contributed by atoms with van der Waals surface area (Å²) in [4.78, 5) is 0. The number of hydrogen-bond donors (Lipinski definition) is 1. The van der Waals surface area contributed by atoms with E-state index in [4.69, 9.17) is 0 Å². The number of aliphatic hydroxyl groups is 1. The van der Waals surface area contributed by atoms with Gasteiger partial charge in [0, 0.05) is 0 Å². The molecule has 0 spiro atoms. The van der Waals surface area contributed by atoms with E-state index in [-0.39, 0.29) is 11.5 Å². The van der Waals surface area contributed by atoms with Gasteiger partial charge in [-0.2, -0.15) is 0 Å². The SMILES string of the molecule is C=C(CCC(C)[C@H]1CC[C@@]2(C)C3=C(CC[C@]12C)[C@@]1(C)CC[C@H](O)C(C)(C)C1CC3)C(C)C. The Labute approximate surface area is 199 Å². The highest BCUT2D eigenvalue weighted by molar-refractivity contribution is 5.38. The third kappa shape index (κ3) is 3.34. The number of allylic oxidation sites excluding steroid dienone is 3. The molecule has 7 atom stereocenters. The molecule has 0 amide bonds. The van der Waals surface area contributed by atoms with Crippen molar-refractivity contribution in [2.75, 3.05) is 0 Å². The summed E-state index contributed by atoms with van der Waals surface area (Å²) in [6, 6.07) is 0. The standard InChI is InChI=1S/C31H52O/c1-20(2)21(3)10-11-22(4)23-14-18-31(9)25-12-13-26-28(5,6)27(32)16-17-29(26,7)24(25)15-19-30(23,31)8/h20,22-23,26-27,32H,3,10-19H2,1-2,4-9H3/t22?,23-,26?,27+,29-,30-,31+/m1/s1. The predicted molar refractivity (Wildman–Crippen MR) is 137 cm³/mol. The highest BCUT2D eigenvalue weighted by atomic mass is 16.3. The molecule has 0 aliphatic heterocycles. The van der Waals surface area contributed by atoms with Crippen molar-refractivity contribution in [1.29, 1.82) is 0 Å². The van der Waals surface area contributed by atoms with Gasteiger partial charge in [-0.1, -0.05) is 78.7 Å². The molecule has 4 rings (SSSR count). The van der Waals surface area contributed by atoms with E-state index in [1.807, 2.05) is 11.1 Å². The Hall–Kier alpha value is -0.560. The number of aliphatic hydroxyl groups excluding tert-OH is 1. The minimum absolute atomic E-state index is 0.0404. The van der Waals surface area contributed by atoms with Crippen molar-refractivity contribution in [3.05, 3.63) is 23.3 Å². The molecular weight excluding hydrogens is 388 g/mol. The van der Waals surface area contributed by atoms with Crippen LogP contribution in [-0.2, 0) is 0 Å². The summed E-state index contributed by atoms with van der Waals surface area (Å²) < 4.78 is 0. The molecule has 4 aliphatic carbocycles. The van der Waals surface area contributed by atoms with E-state index < -0.39 is 0 Å². The van der Waals surface area contributed by atoms with Crippen LogP contribution in [-0.4, -0.2) is 11.2 Å². The van der Waals surface area contributed by atoms with E-state index in [0.29, 0.717) is 28.1 Å². The fourth-order valence-corrected chi connectivity index (χ4v) is 9.53.